The van der Waals surface area contributed by atoms with E-state index in [0.29, 0.717) is 10.6 Å². The molecule has 3 amide bonds. The molecule has 1 aromatic rings. The number of thiophene rings is 1. The number of nitrogens with one attached hydrogen (secondary N) is 2. The molecule has 0 spiro atoms. The second kappa shape index (κ2) is 7.56. The molecule has 126 valence electrons. The molecule has 0 saturated heterocycles. The van der Waals surface area contributed by atoms with Crippen LogP contribution in [0.2, 0.25) is 0 Å². The Hall–Kier alpha value is -1.93. The molecule has 4 N–H and O–H groups in total. The molecule has 23 heavy (non-hydrogen) atoms. The Morgan fingerprint density at radius 3 is 2.48 bits per heavy atom. The van der Waals surface area contributed by atoms with Crippen LogP contribution in [0.15, 0.2) is 0 Å². The van der Waals surface area contributed by atoms with Gasteiger partial charge in [0.25, 0.3) is 5.91 Å². The molecule has 0 atom stereocenters. The molecule has 0 aromatic carbocycles. The lowest BCUT2D eigenvalue weighted by molar-refractivity contribution is -0.122. The first-order valence-electron chi connectivity index (χ1n) is 7.55. The van der Waals surface area contributed by atoms with Gasteiger partial charge in [-0.25, -0.2) is 0 Å². The lowest BCUT2D eigenvalue weighted by Crippen LogP contribution is -2.37. The van der Waals surface area contributed by atoms with Crippen LogP contribution in [0.4, 0.5) is 5.00 Å². The highest BCUT2D eigenvalue weighted by Gasteiger charge is 2.25. The molecule has 0 bridgehead atoms. The fraction of sp³-hybridized carbons (Fsp3) is 0.533. The highest BCUT2D eigenvalue weighted by atomic mass is 32.1. The molecule has 0 fully saturated rings. The lowest BCUT2D eigenvalue weighted by atomic mass is 9.95. The van der Waals surface area contributed by atoms with Crippen molar-refractivity contribution in [2.45, 2.75) is 25.7 Å². The van der Waals surface area contributed by atoms with Crippen molar-refractivity contribution in [2.24, 2.45) is 5.73 Å². The van der Waals surface area contributed by atoms with Crippen molar-refractivity contribution in [1.29, 1.82) is 0 Å². The Labute approximate surface area is 139 Å². The minimum atomic E-state index is -0.501. The minimum absolute atomic E-state index is 0.0637. The largest absolute Gasteiger partial charge is 0.365 e. The summed E-state index contributed by atoms with van der Waals surface area (Å²) < 4.78 is 0. The number of hydrogen-bond acceptors (Lipinski definition) is 5. The first kappa shape index (κ1) is 17.4. The minimum Gasteiger partial charge on any atom is -0.365 e. The van der Waals surface area contributed by atoms with Gasteiger partial charge < -0.3 is 16.4 Å². The number of primary amides is 1. The van der Waals surface area contributed by atoms with Gasteiger partial charge in [0, 0.05) is 11.9 Å². The highest BCUT2D eigenvalue weighted by Crippen LogP contribution is 2.37. The van der Waals surface area contributed by atoms with E-state index in [9.17, 15) is 14.4 Å². The summed E-state index contributed by atoms with van der Waals surface area (Å²) in [6.45, 7) is 0.196. The number of aryl methyl sites for hydroxylation is 1. The SMILES string of the molecule is CNC(=O)CN(C)CC(=O)Nc1sc2c(c1C(N)=O)CCCC2. The quantitative estimate of drug-likeness (QED) is 0.696. The third-order valence-electron chi connectivity index (χ3n) is 3.78. The van der Waals surface area contributed by atoms with Crippen LogP contribution < -0.4 is 16.4 Å². The zero-order valence-electron chi connectivity index (χ0n) is 13.4. The van der Waals surface area contributed by atoms with Gasteiger partial charge >= 0.3 is 0 Å². The average Bonchev–Trinajstić information content (AvgIpc) is 2.84. The number of rotatable bonds is 6. The van der Waals surface area contributed by atoms with Gasteiger partial charge in [-0.2, -0.15) is 0 Å². The number of carbonyl (C=O) groups excluding carboxylic acids is 3. The van der Waals surface area contributed by atoms with Crippen molar-refractivity contribution in [3.63, 3.8) is 0 Å². The van der Waals surface area contributed by atoms with E-state index in [-0.39, 0.29) is 24.9 Å². The maximum atomic E-state index is 12.2. The van der Waals surface area contributed by atoms with Crippen LogP contribution in [0.25, 0.3) is 0 Å². The number of fused-ring (bicyclic) bond motifs is 1. The van der Waals surface area contributed by atoms with Crippen molar-refractivity contribution in [3.05, 3.63) is 16.0 Å². The maximum absolute atomic E-state index is 12.2. The van der Waals surface area contributed by atoms with Crippen LogP contribution in [0.3, 0.4) is 0 Å². The number of hydrogen-bond donors (Lipinski definition) is 3. The molecule has 0 radical (unpaired) electrons. The second-order valence-corrected chi connectivity index (χ2v) is 6.78. The van der Waals surface area contributed by atoms with E-state index >= 15 is 0 Å². The predicted octanol–water partition coefficient (Wildman–Crippen LogP) is 0.342. The van der Waals surface area contributed by atoms with Crippen LogP contribution >= 0.6 is 11.3 Å². The third-order valence-corrected chi connectivity index (χ3v) is 4.98. The van der Waals surface area contributed by atoms with Crippen molar-refractivity contribution in [2.75, 3.05) is 32.5 Å². The van der Waals surface area contributed by atoms with E-state index in [2.05, 4.69) is 10.6 Å². The van der Waals surface area contributed by atoms with Crippen LogP contribution in [0, 0.1) is 0 Å². The highest BCUT2D eigenvalue weighted by molar-refractivity contribution is 7.17. The number of carbonyl (C=O) groups is 3. The molecule has 1 aliphatic carbocycles. The molecule has 8 heteroatoms. The smallest absolute Gasteiger partial charge is 0.251 e. The van der Waals surface area contributed by atoms with Gasteiger partial charge in [-0.1, -0.05) is 0 Å². The molecule has 1 aromatic heterocycles. The van der Waals surface area contributed by atoms with Gasteiger partial charge in [-0.3, -0.25) is 19.3 Å². The fourth-order valence-electron chi connectivity index (χ4n) is 2.71. The number of nitrogens with two attached hydrogens (primary N) is 1. The topological polar surface area (TPSA) is 105 Å². The number of amides is 3. The fourth-order valence-corrected chi connectivity index (χ4v) is 4.02. The Morgan fingerprint density at radius 2 is 1.83 bits per heavy atom. The molecule has 1 aliphatic rings. The van der Waals surface area contributed by atoms with Crippen molar-refractivity contribution in [1.82, 2.24) is 10.2 Å². The zero-order valence-corrected chi connectivity index (χ0v) is 14.2. The van der Waals surface area contributed by atoms with Gasteiger partial charge in [0.05, 0.1) is 18.7 Å². The Balaban J connectivity index is 2.07. The van der Waals surface area contributed by atoms with Gasteiger partial charge in [-0.05, 0) is 38.3 Å². The molecule has 0 aliphatic heterocycles. The summed E-state index contributed by atoms with van der Waals surface area (Å²) >= 11 is 1.43. The van der Waals surface area contributed by atoms with Gasteiger partial charge in [-0.15, -0.1) is 11.3 Å². The van der Waals surface area contributed by atoms with E-state index in [1.165, 1.54) is 11.3 Å². The molecule has 2 rings (SSSR count). The Kier molecular flexibility index (Phi) is 5.73. The summed E-state index contributed by atoms with van der Waals surface area (Å²) in [6, 6.07) is 0. The van der Waals surface area contributed by atoms with Crippen LogP contribution in [-0.2, 0) is 22.4 Å². The summed E-state index contributed by atoms with van der Waals surface area (Å²) in [4.78, 5) is 37.9. The molecular weight excluding hydrogens is 316 g/mol. The van der Waals surface area contributed by atoms with E-state index in [1.807, 2.05) is 0 Å². The summed E-state index contributed by atoms with van der Waals surface area (Å²) in [5, 5.41) is 5.81. The van der Waals surface area contributed by atoms with E-state index in [1.54, 1.807) is 19.0 Å². The van der Waals surface area contributed by atoms with E-state index < -0.39 is 5.91 Å². The number of anilines is 1. The Bertz CT molecular complexity index is 626. The predicted molar refractivity (Wildman–Crippen MR) is 89.7 cm³/mol. The molecule has 0 saturated carbocycles. The first-order chi connectivity index (χ1) is 10.9. The van der Waals surface area contributed by atoms with Crippen LogP contribution in [0.1, 0.15) is 33.6 Å². The van der Waals surface area contributed by atoms with Gasteiger partial charge in [0.2, 0.25) is 11.8 Å². The van der Waals surface area contributed by atoms with Crippen molar-refractivity contribution in [3.8, 4) is 0 Å². The molecular formula is C15H22N4O3S. The normalized spacial score (nSPS) is 13.5. The van der Waals surface area contributed by atoms with Crippen LogP contribution in [0.5, 0.6) is 0 Å². The molecule has 1 heterocycles. The van der Waals surface area contributed by atoms with Gasteiger partial charge in [0.1, 0.15) is 5.00 Å². The second-order valence-electron chi connectivity index (χ2n) is 5.67. The zero-order chi connectivity index (χ0) is 17.0. The lowest BCUT2D eigenvalue weighted by Gasteiger charge is -2.15. The van der Waals surface area contributed by atoms with E-state index in [4.69, 9.17) is 5.73 Å². The monoisotopic (exact) mass is 338 g/mol. The number of likely N-dealkylation sites (N-methyl/N-ethyl adjacent to an activating group) is 2. The number of nitrogens with zero attached hydrogens (tertiary/aromatic N) is 1. The summed E-state index contributed by atoms with van der Waals surface area (Å²) in [6.07, 6.45) is 3.88. The van der Waals surface area contributed by atoms with E-state index in [0.717, 1.165) is 36.1 Å². The van der Waals surface area contributed by atoms with Crippen molar-refractivity contribution < 1.29 is 14.4 Å². The standard InChI is InChI=1S/C15H22N4O3S/c1-17-11(20)7-19(2)8-12(21)18-15-13(14(16)22)9-5-3-4-6-10(9)23-15/h3-8H2,1-2H3,(H2,16,22)(H,17,20)(H,18,21). The molecule has 7 nitrogen and oxygen atoms in total. The Morgan fingerprint density at radius 1 is 1.17 bits per heavy atom. The van der Waals surface area contributed by atoms with Crippen LogP contribution in [-0.4, -0.2) is 49.8 Å². The summed E-state index contributed by atoms with van der Waals surface area (Å²) in [5.74, 6) is -0.930. The maximum Gasteiger partial charge on any atom is 0.251 e. The summed E-state index contributed by atoms with van der Waals surface area (Å²) in [7, 11) is 3.23. The van der Waals surface area contributed by atoms with Gasteiger partial charge in [0.15, 0.2) is 0 Å². The van der Waals surface area contributed by atoms with Crippen molar-refractivity contribution >= 4 is 34.1 Å². The third kappa shape index (κ3) is 4.29. The first-order valence-corrected chi connectivity index (χ1v) is 8.37. The average molecular weight is 338 g/mol. The summed E-state index contributed by atoms with van der Waals surface area (Å²) in [5.41, 5.74) is 6.94. The molecule has 0 unspecified atom stereocenters.